The number of carbonyl (C=O) groups excluding carboxylic acids is 1. The number of nitrogens with zero attached hydrogens (tertiary/aromatic N) is 2. The maximum Gasteiger partial charge on any atom is 0.321 e. The molecule has 7 heteroatoms. The molecule has 0 bridgehead atoms. The molecular weight excluding hydrogens is 460 g/mol. The van der Waals surface area contributed by atoms with Crippen LogP contribution in [0.15, 0.2) is 71.6 Å². The van der Waals surface area contributed by atoms with Gasteiger partial charge >= 0.3 is 6.03 Å². The van der Waals surface area contributed by atoms with E-state index >= 15 is 0 Å². The fraction of sp³-hybridized carbons (Fsp3) is 0.333. The molecule has 2 amide bonds. The first kappa shape index (κ1) is 23.0. The molecule has 0 aromatic heterocycles. The predicted molar refractivity (Wildman–Crippen MR) is 147 cm³/mol. The van der Waals surface area contributed by atoms with Crippen LogP contribution in [0.4, 0.5) is 16.2 Å². The number of hydrogen-bond acceptors (Lipinski definition) is 3. The Kier molecular flexibility index (Phi) is 6.66. The molecule has 34 heavy (non-hydrogen) atoms. The quantitative estimate of drug-likeness (QED) is 0.334. The molecule has 0 atom stereocenters. The van der Waals surface area contributed by atoms with Gasteiger partial charge in [-0.15, -0.1) is 11.8 Å². The second kappa shape index (κ2) is 9.84. The fourth-order valence-electron chi connectivity index (χ4n) is 5.11. The van der Waals surface area contributed by atoms with Crippen LogP contribution in [0.5, 0.6) is 0 Å². The van der Waals surface area contributed by atoms with Crippen molar-refractivity contribution in [3.8, 4) is 0 Å². The maximum absolute atomic E-state index is 13.0. The van der Waals surface area contributed by atoms with E-state index in [0.29, 0.717) is 0 Å². The van der Waals surface area contributed by atoms with Crippen LogP contribution in [0.1, 0.15) is 19.3 Å². The first-order chi connectivity index (χ1) is 16.5. The van der Waals surface area contributed by atoms with Gasteiger partial charge in [0.1, 0.15) is 0 Å². The summed E-state index contributed by atoms with van der Waals surface area (Å²) in [4.78, 5) is 18.5. The van der Waals surface area contributed by atoms with Crippen LogP contribution in [-0.2, 0) is 0 Å². The first-order valence-electron chi connectivity index (χ1n) is 11.8. The topological polar surface area (TPSA) is 47.6 Å². The van der Waals surface area contributed by atoms with E-state index in [2.05, 4.69) is 64.3 Å². The Morgan fingerprint density at radius 1 is 0.882 bits per heavy atom. The van der Waals surface area contributed by atoms with Gasteiger partial charge in [0.2, 0.25) is 0 Å². The van der Waals surface area contributed by atoms with Crippen LogP contribution in [0.2, 0.25) is 0 Å². The van der Waals surface area contributed by atoms with Crippen molar-refractivity contribution in [3.05, 3.63) is 66.7 Å². The van der Waals surface area contributed by atoms with Crippen LogP contribution in [0, 0.1) is 5.41 Å². The zero-order valence-corrected chi connectivity index (χ0v) is 21.1. The van der Waals surface area contributed by atoms with Gasteiger partial charge in [-0.3, -0.25) is 0 Å². The summed E-state index contributed by atoms with van der Waals surface area (Å²) >= 11 is 7.46. The van der Waals surface area contributed by atoms with Crippen LogP contribution in [0.25, 0.3) is 10.8 Å². The van der Waals surface area contributed by atoms with Crippen LogP contribution in [0.3, 0.4) is 0 Å². The highest BCUT2D eigenvalue weighted by Crippen LogP contribution is 2.40. The molecule has 2 aliphatic rings. The van der Waals surface area contributed by atoms with Crippen LogP contribution in [-0.4, -0.2) is 53.4 Å². The molecule has 1 spiro atoms. The molecule has 3 aromatic carbocycles. The number of thiocarbonyl (C=S) groups is 1. The lowest BCUT2D eigenvalue weighted by Gasteiger charge is -2.39. The Morgan fingerprint density at radius 3 is 2.29 bits per heavy atom. The number of likely N-dealkylation sites (tertiary alicyclic amines) is 2. The Labute approximate surface area is 210 Å². The van der Waals surface area contributed by atoms with Crippen molar-refractivity contribution in [1.29, 1.82) is 0 Å². The smallest absolute Gasteiger partial charge is 0.321 e. The van der Waals surface area contributed by atoms with Gasteiger partial charge in [-0.1, -0.05) is 36.4 Å². The number of carbonyl (C=O) groups is 1. The third-order valence-corrected chi connectivity index (χ3v) is 8.31. The zero-order chi connectivity index (χ0) is 23.5. The van der Waals surface area contributed by atoms with Gasteiger partial charge in [-0.2, -0.15) is 0 Å². The number of anilines is 2. The lowest BCUT2D eigenvalue weighted by Crippen LogP contribution is -2.46. The number of benzene rings is 3. The highest BCUT2D eigenvalue weighted by atomic mass is 32.2. The van der Waals surface area contributed by atoms with E-state index in [9.17, 15) is 4.79 Å². The summed E-state index contributed by atoms with van der Waals surface area (Å²) < 4.78 is 0. The van der Waals surface area contributed by atoms with Crippen LogP contribution >= 0.6 is 24.0 Å². The minimum absolute atomic E-state index is 0.00747. The summed E-state index contributed by atoms with van der Waals surface area (Å²) in [5, 5.41) is 9.54. The Balaban J connectivity index is 1.15. The maximum atomic E-state index is 13.0. The summed E-state index contributed by atoms with van der Waals surface area (Å²) in [6, 6.07) is 22.6. The lowest BCUT2D eigenvalue weighted by molar-refractivity contribution is 0.132. The third kappa shape index (κ3) is 4.86. The summed E-state index contributed by atoms with van der Waals surface area (Å²) in [7, 11) is 0. The second-order valence-corrected chi connectivity index (χ2v) is 10.5. The Morgan fingerprint density at radius 2 is 1.56 bits per heavy atom. The van der Waals surface area contributed by atoms with E-state index in [4.69, 9.17) is 12.2 Å². The van der Waals surface area contributed by atoms with Gasteiger partial charge in [0.15, 0.2) is 5.11 Å². The zero-order valence-electron chi connectivity index (χ0n) is 19.4. The molecule has 5 rings (SSSR count). The molecule has 2 fully saturated rings. The summed E-state index contributed by atoms with van der Waals surface area (Å²) in [6.07, 6.45) is 5.23. The minimum Gasteiger partial charge on any atom is -0.348 e. The SMILES string of the molecule is CSc1ccc(NC(=S)N2CCC3(CCN(C(=O)Nc4cccc5ccccc45)CC3)C2)cc1. The van der Waals surface area contributed by atoms with Gasteiger partial charge in [-0.05, 0) is 78.9 Å². The van der Waals surface area contributed by atoms with Crippen molar-refractivity contribution in [1.82, 2.24) is 9.80 Å². The number of fused-ring (bicyclic) bond motifs is 1. The van der Waals surface area contributed by atoms with E-state index in [1.165, 1.54) is 4.90 Å². The van der Waals surface area contributed by atoms with Gasteiger partial charge in [0.25, 0.3) is 0 Å². The lowest BCUT2D eigenvalue weighted by atomic mass is 9.78. The van der Waals surface area contributed by atoms with Crippen molar-refractivity contribution in [2.24, 2.45) is 5.41 Å². The molecule has 2 heterocycles. The number of rotatable bonds is 3. The van der Waals surface area contributed by atoms with Gasteiger partial charge in [0.05, 0.1) is 5.69 Å². The van der Waals surface area contributed by atoms with Gasteiger partial charge in [0, 0.05) is 42.1 Å². The highest BCUT2D eigenvalue weighted by Gasteiger charge is 2.42. The highest BCUT2D eigenvalue weighted by molar-refractivity contribution is 7.98. The average Bonchev–Trinajstić information content (AvgIpc) is 3.28. The van der Waals surface area contributed by atoms with Gasteiger partial charge < -0.3 is 20.4 Å². The number of hydrogen-bond donors (Lipinski definition) is 2. The van der Waals surface area contributed by atoms with Crippen LogP contribution < -0.4 is 10.6 Å². The molecule has 5 nitrogen and oxygen atoms in total. The monoisotopic (exact) mass is 490 g/mol. The van der Waals surface area contributed by atoms with Crippen molar-refractivity contribution in [3.63, 3.8) is 0 Å². The molecule has 176 valence electrons. The van der Waals surface area contributed by atoms with E-state index in [-0.39, 0.29) is 11.4 Å². The number of thioether (sulfide) groups is 1. The van der Waals surface area contributed by atoms with E-state index in [1.807, 2.05) is 29.2 Å². The number of urea groups is 1. The van der Waals surface area contributed by atoms with E-state index in [0.717, 1.165) is 72.7 Å². The predicted octanol–water partition coefficient (Wildman–Crippen LogP) is 6.28. The van der Waals surface area contributed by atoms with E-state index in [1.54, 1.807) is 11.8 Å². The molecule has 2 saturated heterocycles. The Hall–Kier alpha value is -2.77. The number of piperidine rings is 1. The number of amides is 2. The third-order valence-electron chi connectivity index (χ3n) is 7.21. The van der Waals surface area contributed by atoms with Crippen molar-refractivity contribution < 1.29 is 4.79 Å². The molecule has 2 aliphatic heterocycles. The fourth-order valence-corrected chi connectivity index (χ4v) is 5.79. The molecule has 0 radical (unpaired) electrons. The van der Waals surface area contributed by atoms with E-state index < -0.39 is 0 Å². The normalized spacial score (nSPS) is 17.2. The average molecular weight is 491 g/mol. The standard InChI is InChI=1S/C27H30N4OS2/c1-34-22-11-9-21(10-12-22)28-26(33)31-18-15-27(19-31)13-16-30(17-14-27)25(32)29-24-8-4-6-20-5-2-3-7-23(20)24/h2-12H,13-19H2,1H3,(H,28,33)(H,29,32). The van der Waals surface area contributed by atoms with Crippen molar-refractivity contribution in [2.75, 3.05) is 43.1 Å². The Bertz CT molecular complexity index is 1180. The van der Waals surface area contributed by atoms with Crippen molar-refractivity contribution >= 4 is 57.3 Å². The summed E-state index contributed by atoms with van der Waals surface area (Å²) in [5.74, 6) is 0. The summed E-state index contributed by atoms with van der Waals surface area (Å²) in [6.45, 7) is 3.49. The molecule has 0 saturated carbocycles. The molecule has 2 N–H and O–H groups in total. The molecule has 3 aromatic rings. The minimum atomic E-state index is -0.00747. The summed E-state index contributed by atoms with van der Waals surface area (Å²) in [5.41, 5.74) is 2.14. The van der Waals surface area contributed by atoms with Gasteiger partial charge in [-0.25, -0.2) is 4.79 Å². The number of nitrogens with one attached hydrogen (secondary N) is 2. The second-order valence-electron chi connectivity index (χ2n) is 9.27. The van der Waals surface area contributed by atoms with Crippen molar-refractivity contribution in [2.45, 2.75) is 24.2 Å². The largest absolute Gasteiger partial charge is 0.348 e. The molecule has 0 aliphatic carbocycles. The molecule has 0 unspecified atom stereocenters. The first-order valence-corrected chi connectivity index (χ1v) is 13.4. The molecular formula is C27H30N4OS2.